The van der Waals surface area contributed by atoms with Gasteiger partial charge in [-0.15, -0.1) is 0 Å². The highest BCUT2D eigenvalue weighted by molar-refractivity contribution is 5.61. The van der Waals surface area contributed by atoms with E-state index in [1.165, 1.54) is 11.1 Å². The Morgan fingerprint density at radius 1 is 0.833 bits per heavy atom. The minimum absolute atomic E-state index is 0.790. The number of anilines is 2. The number of nitrogens with one attached hydrogen (secondary N) is 1. The van der Waals surface area contributed by atoms with Crippen LogP contribution in [0.3, 0.4) is 0 Å². The monoisotopic (exact) mass is 401 g/mol. The van der Waals surface area contributed by atoms with Gasteiger partial charge in [-0.1, -0.05) is 42.5 Å². The van der Waals surface area contributed by atoms with Crippen LogP contribution in [0.5, 0.6) is 0 Å². The molecule has 1 aliphatic rings. The van der Waals surface area contributed by atoms with E-state index in [4.69, 9.17) is 4.98 Å². The van der Waals surface area contributed by atoms with Crippen molar-refractivity contribution in [2.75, 3.05) is 38.5 Å². The molecule has 1 aromatic heterocycles. The van der Waals surface area contributed by atoms with Crippen molar-refractivity contribution in [3.8, 4) is 0 Å². The summed E-state index contributed by atoms with van der Waals surface area (Å²) < 4.78 is 0. The lowest BCUT2D eigenvalue weighted by Crippen LogP contribution is -2.43. The van der Waals surface area contributed by atoms with E-state index >= 15 is 0 Å². The number of hydrogen-bond acceptors (Lipinski definition) is 5. The van der Waals surface area contributed by atoms with Crippen molar-refractivity contribution in [3.63, 3.8) is 0 Å². The maximum absolute atomic E-state index is 4.71. The Hall–Kier alpha value is -2.76. The molecule has 0 aliphatic carbocycles. The second kappa shape index (κ2) is 9.37. The zero-order chi connectivity index (χ0) is 20.9. The summed E-state index contributed by atoms with van der Waals surface area (Å²) in [7, 11) is 2.19. The Bertz CT molecular complexity index is 961. The molecule has 0 atom stereocenters. The Labute approximate surface area is 179 Å². The number of likely N-dealkylation sites (N-methyl/N-ethyl adjacent to an activating group) is 1. The molecule has 156 valence electrons. The van der Waals surface area contributed by atoms with Gasteiger partial charge in [-0.05, 0) is 44.2 Å². The molecule has 0 saturated carbocycles. The Morgan fingerprint density at radius 2 is 1.53 bits per heavy atom. The Balaban J connectivity index is 1.48. The van der Waals surface area contributed by atoms with Crippen molar-refractivity contribution in [3.05, 3.63) is 82.8 Å². The normalized spacial score (nSPS) is 15.3. The highest BCUT2D eigenvalue weighted by Crippen LogP contribution is 2.24. The van der Waals surface area contributed by atoms with E-state index < -0.39 is 0 Å². The lowest BCUT2D eigenvalue weighted by molar-refractivity contribution is 0.148. The van der Waals surface area contributed by atoms with E-state index in [-0.39, 0.29) is 0 Å². The molecule has 0 radical (unpaired) electrons. The van der Waals surface area contributed by atoms with Crippen LogP contribution in [0.4, 0.5) is 11.5 Å². The quantitative estimate of drug-likeness (QED) is 0.671. The molecule has 0 spiro atoms. The lowest BCUT2D eigenvalue weighted by Gasteiger charge is -2.32. The fourth-order valence-electron chi connectivity index (χ4n) is 3.95. The molecule has 5 heteroatoms. The number of aryl methyl sites for hydroxylation is 2. The molecule has 3 aromatic rings. The molecule has 0 unspecified atom stereocenters. The summed E-state index contributed by atoms with van der Waals surface area (Å²) in [6, 6.07) is 19.3. The van der Waals surface area contributed by atoms with Crippen molar-refractivity contribution < 1.29 is 0 Å². The summed E-state index contributed by atoms with van der Waals surface area (Å²) in [4.78, 5) is 14.2. The third-order valence-electron chi connectivity index (χ3n) is 5.77. The van der Waals surface area contributed by atoms with Gasteiger partial charge in [0.2, 0.25) is 0 Å². The first-order valence-corrected chi connectivity index (χ1v) is 10.7. The number of hydrogen-bond donors (Lipinski definition) is 1. The number of piperazine rings is 1. The summed E-state index contributed by atoms with van der Waals surface area (Å²) >= 11 is 0. The van der Waals surface area contributed by atoms with Crippen LogP contribution in [0, 0.1) is 13.8 Å². The maximum Gasteiger partial charge on any atom is 0.137 e. The minimum atomic E-state index is 0.790. The van der Waals surface area contributed by atoms with Gasteiger partial charge in [-0.3, -0.25) is 4.90 Å². The molecule has 2 heterocycles. The number of aromatic nitrogens is 2. The van der Waals surface area contributed by atoms with Gasteiger partial charge in [0.15, 0.2) is 0 Å². The smallest absolute Gasteiger partial charge is 0.137 e. The number of nitrogens with zero attached hydrogens (tertiary/aromatic N) is 4. The summed E-state index contributed by atoms with van der Waals surface area (Å²) in [5.41, 5.74) is 5.85. The number of benzene rings is 2. The predicted molar refractivity (Wildman–Crippen MR) is 123 cm³/mol. The highest BCUT2D eigenvalue weighted by Gasteiger charge is 2.14. The van der Waals surface area contributed by atoms with Crippen LogP contribution >= 0.6 is 0 Å². The van der Waals surface area contributed by atoms with Gasteiger partial charge in [-0.2, -0.15) is 0 Å². The van der Waals surface area contributed by atoms with Crippen molar-refractivity contribution in [2.45, 2.75) is 26.8 Å². The maximum atomic E-state index is 4.71. The van der Waals surface area contributed by atoms with Crippen LogP contribution in [0.1, 0.15) is 28.2 Å². The van der Waals surface area contributed by atoms with Crippen LogP contribution in [-0.4, -0.2) is 53.0 Å². The molecule has 1 aliphatic heterocycles. The average molecular weight is 402 g/mol. The van der Waals surface area contributed by atoms with E-state index in [2.05, 4.69) is 82.6 Å². The highest BCUT2D eigenvalue weighted by atomic mass is 15.2. The topological polar surface area (TPSA) is 44.3 Å². The lowest BCUT2D eigenvalue weighted by atomic mass is 10.0. The van der Waals surface area contributed by atoms with Crippen molar-refractivity contribution in [2.24, 2.45) is 0 Å². The van der Waals surface area contributed by atoms with Crippen LogP contribution in [0.2, 0.25) is 0 Å². The van der Waals surface area contributed by atoms with E-state index in [1.54, 1.807) is 0 Å². The molecule has 0 bridgehead atoms. The van der Waals surface area contributed by atoms with Gasteiger partial charge < -0.3 is 10.2 Å². The molecular formula is C25H31N5. The first kappa shape index (κ1) is 20.5. The van der Waals surface area contributed by atoms with Gasteiger partial charge in [-0.25, -0.2) is 9.97 Å². The third-order valence-corrected chi connectivity index (χ3v) is 5.77. The van der Waals surface area contributed by atoms with Crippen molar-refractivity contribution in [1.29, 1.82) is 0 Å². The molecule has 30 heavy (non-hydrogen) atoms. The van der Waals surface area contributed by atoms with Crippen LogP contribution in [-0.2, 0) is 13.0 Å². The second-order valence-electron chi connectivity index (χ2n) is 8.25. The van der Waals surface area contributed by atoms with Crippen LogP contribution < -0.4 is 5.32 Å². The van der Waals surface area contributed by atoms with E-state index in [0.29, 0.717) is 0 Å². The van der Waals surface area contributed by atoms with Gasteiger partial charge in [0, 0.05) is 56.1 Å². The Morgan fingerprint density at radius 3 is 2.23 bits per heavy atom. The molecule has 2 aromatic carbocycles. The molecular weight excluding hydrogens is 370 g/mol. The van der Waals surface area contributed by atoms with E-state index in [9.17, 15) is 0 Å². The SMILES string of the molecule is Cc1nc(C)c(Cc2ccccc2)c(Nc2ccc(CN3CCN(C)CC3)cc2)n1. The molecule has 4 rings (SSSR count). The first-order chi connectivity index (χ1) is 14.6. The fraction of sp³-hybridized carbons (Fsp3) is 0.360. The van der Waals surface area contributed by atoms with Crippen molar-refractivity contribution >= 4 is 11.5 Å². The second-order valence-corrected chi connectivity index (χ2v) is 8.25. The average Bonchev–Trinajstić information content (AvgIpc) is 2.74. The van der Waals surface area contributed by atoms with Gasteiger partial charge in [0.25, 0.3) is 0 Å². The van der Waals surface area contributed by atoms with Gasteiger partial charge >= 0.3 is 0 Å². The molecule has 5 nitrogen and oxygen atoms in total. The van der Waals surface area contributed by atoms with E-state index in [1.807, 2.05) is 13.0 Å². The van der Waals surface area contributed by atoms with Gasteiger partial charge in [0.1, 0.15) is 11.6 Å². The number of rotatable bonds is 6. The minimum Gasteiger partial charge on any atom is -0.340 e. The summed E-state index contributed by atoms with van der Waals surface area (Å²) in [6.45, 7) is 9.60. The summed E-state index contributed by atoms with van der Waals surface area (Å²) in [5, 5.41) is 3.54. The molecule has 0 amide bonds. The zero-order valence-corrected chi connectivity index (χ0v) is 18.2. The Kier molecular flexibility index (Phi) is 6.41. The first-order valence-electron chi connectivity index (χ1n) is 10.7. The van der Waals surface area contributed by atoms with Crippen LogP contribution in [0.25, 0.3) is 0 Å². The molecule has 1 fully saturated rings. The summed E-state index contributed by atoms with van der Waals surface area (Å²) in [6.07, 6.45) is 0.816. The third kappa shape index (κ3) is 5.23. The molecule has 1 N–H and O–H groups in total. The van der Waals surface area contributed by atoms with E-state index in [0.717, 1.165) is 67.7 Å². The van der Waals surface area contributed by atoms with Gasteiger partial charge in [0.05, 0.1) is 0 Å². The zero-order valence-electron chi connectivity index (χ0n) is 18.2. The molecule has 1 saturated heterocycles. The largest absolute Gasteiger partial charge is 0.340 e. The standard InChI is InChI=1S/C25H31N5/c1-19-24(17-21-7-5-4-6-8-21)25(27-20(2)26-19)28-23-11-9-22(10-12-23)18-30-15-13-29(3)14-16-30/h4-12H,13-18H2,1-3H3,(H,26,27,28). The fourth-order valence-corrected chi connectivity index (χ4v) is 3.95. The van der Waals surface area contributed by atoms with Crippen molar-refractivity contribution in [1.82, 2.24) is 19.8 Å². The summed E-state index contributed by atoms with van der Waals surface area (Å²) in [5.74, 6) is 1.69. The predicted octanol–water partition coefficient (Wildman–Crippen LogP) is 4.18. The van der Waals surface area contributed by atoms with Crippen LogP contribution in [0.15, 0.2) is 54.6 Å².